The lowest BCUT2D eigenvalue weighted by Crippen LogP contribution is -2.35. The van der Waals surface area contributed by atoms with Crippen LogP contribution in [0.3, 0.4) is 0 Å². The second-order valence-electron chi connectivity index (χ2n) is 4.90. The van der Waals surface area contributed by atoms with E-state index in [2.05, 4.69) is 4.99 Å². The van der Waals surface area contributed by atoms with Crippen LogP contribution in [0.25, 0.3) is 0 Å². The molecule has 4 nitrogen and oxygen atoms in total. The van der Waals surface area contributed by atoms with Crippen molar-refractivity contribution in [3.63, 3.8) is 0 Å². The molecule has 112 valence electrons. The van der Waals surface area contributed by atoms with E-state index in [0.717, 1.165) is 11.3 Å². The van der Waals surface area contributed by atoms with Gasteiger partial charge in [-0.1, -0.05) is 47.6 Å². The molecule has 0 bridgehead atoms. The van der Waals surface area contributed by atoms with Crippen LogP contribution in [0.15, 0.2) is 53.5 Å². The highest BCUT2D eigenvalue weighted by atomic mass is 35.5. The van der Waals surface area contributed by atoms with Crippen LogP contribution in [-0.2, 0) is 4.79 Å². The molecule has 0 spiro atoms. The van der Waals surface area contributed by atoms with E-state index in [0.29, 0.717) is 15.9 Å². The molecule has 0 aliphatic carbocycles. The molecular formula is C16H14ClN3OS. The van der Waals surface area contributed by atoms with E-state index in [-0.39, 0.29) is 5.91 Å². The Kier molecular flexibility index (Phi) is 4.20. The molecule has 1 aliphatic rings. The zero-order valence-corrected chi connectivity index (χ0v) is 13.4. The van der Waals surface area contributed by atoms with Crippen molar-refractivity contribution in [2.75, 3.05) is 4.90 Å². The summed E-state index contributed by atoms with van der Waals surface area (Å²) in [7, 11) is 0. The summed E-state index contributed by atoms with van der Waals surface area (Å²) < 4.78 is 0. The number of carbonyl (C=O) groups is 1. The Balaban J connectivity index is 2.06. The van der Waals surface area contributed by atoms with E-state index in [9.17, 15) is 4.79 Å². The van der Waals surface area contributed by atoms with Crippen molar-refractivity contribution in [1.82, 2.24) is 0 Å². The molecule has 0 aromatic heterocycles. The zero-order valence-electron chi connectivity index (χ0n) is 11.9. The highest BCUT2D eigenvalue weighted by Crippen LogP contribution is 2.33. The smallest absolute Gasteiger partial charge is 0.260 e. The van der Waals surface area contributed by atoms with E-state index < -0.39 is 5.37 Å². The van der Waals surface area contributed by atoms with Crippen LogP contribution in [0.1, 0.15) is 5.56 Å². The van der Waals surface area contributed by atoms with Gasteiger partial charge in [0.25, 0.3) is 5.91 Å². The lowest BCUT2D eigenvalue weighted by Gasteiger charge is -2.16. The number of anilines is 1. The maximum Gasteiger partial charge on any atom is 0.260 e. The quantitative estimate of drug-likeness (QED) is 0.912. The second kappa shape index (κ2) is 6.12. The number of nitrogens with two attached hydrogens (primary N) is 1. The highest BCUT2D eigenvalue weighted by Gasteiger charge is 2.36. The van der Waals surface area contributed by atoms with E-state index in [1.54, 1.807) is 17.0 Å². The van der Waals surface area contributed by atoms with Gasteiger partial charge in [-0.3, -0.25) is 9.69 Å². The number of hydrogen-bond donors (Lipinski definition) is 1. The zero-order chi connectivity index (χ0) is 15.7. The lowest BCUT2D eigenvalue weighted by atomic mass is 10.2. The first-order valence-corrected chi connectivity index (χ1v) is 7.98. The molecule has 1 aliphatic heterocycles. The van der Waals surface area contributed by atoms with Crippen LogP contribution < -0.4 is 10.6 Å². The van der Waals surface area contributed by atoms with E-state index >= 15 is 0 Å². The first kappa shape index (κ1) is 15.1. The molecule has 1 heterocycles. The topological polar surface area (TPSA) is 58.7 Å². The van der Waals surface area contributed by atoms with Crippen LogP contribution in [0.4, 0.5) is 11.4 Å². The number of thioether (sulfide) groups is 1. The van der Waals surface area contributed by atoms with Gasteiger partial charge in [-0.25, -0.2) is 4.99 Å². The lowest BCUT2D eigenvalue weighted by molar-refractivity contribution is -0.116. The van der Waals surface area contributed by atoms with E-state index in [1.807, 2.05) is 43.3 Å². The fraction of sp³-hybridized carbons (Fsp3) is 0.125. The number of benzene rings is 2. The third-order valence-electron chi connectivity index (χ3n) is 3.22. The minimum Gasteiger partial charge on any atom is -0.311 e. The molecule has 1 saturated heterocycles. The minimum absolute atomic E-state index is 0.179. The van der Waals surface area contributed by atoms with Gasteiger partial charge in [0.05, 0.1) is 16.4 Å². The Labute approximate surface area is 138 Å². The number of carbonyl (C=O) groups excluding carboxylic acids is 1. The van der Waals surface area contributed by atoms with Crippen molar-refractivity contribution in [2.45, 2.75) is 12.3 Å². The van der Waals surface area contributed by atoms with Gasteiger partial charge in [0.15, 0.2) is 5.17 Å². The summed E-state index contributed by atoms with van der Waals surface area (Å²) in [6.07, 6.45) is 0. The van der Waals surface area contributed by atoms with Gasteiger partial charge in [0, 0.05) is 0 Å². The average Bonchev–Trinajstić information content (AvgIpc) is 2.76. The number of para-hydroxylation sites is 1. The Bertz CT molecular complexity index is 763. The predicted octanol–water partition coefficient (Wildman–Crippen LogP) is 3.70. The average molecular weight is 332 g/mol. The summed E-state index contributed by atoms with van der Waals surface area (Å²) >= 11 is 7.37. The summed E-state index contributed by atoms with van der Waals surface area (Å²) in [4.78, 5) is 18.4. The fourth-order valence-electron chi connectivity index (χ4n) is 2.16. The molecule has 3 rings (SSSR count). The third-order valence-corrected chi connectivity index (χ3v) is 4.48. The van der Waals surface area contributed by atoms with Crippen molar-refractivity contribution in [1.29, 1.82) is 0 Å². The van der Waals surface area contributed by atoms with Gasteiger partial charge in [0.1, 0.15) is 5.37 Å². The van der Waals surface area contributed by atoms with Gasteiger partial charge in [-0.15, -0.1) is 0 Å². The summed E-state index contributed by atoms with van der Waals surface area (Å²) in [6, 6.07) is 14.9. The monoisotopic (exact) mass is 331 g/mol. The molecule has 0 saturated carbocycles. The van der Waals surface area contributed by atoms with Crippen molar-refractivity contribution < 1.29 is 4.79 Å². The van der Waals surface area contributed by atoms with Gasteiger partial charge in [-0.05, 0) is 36.8 Å². The van der Waals surface area contributed by atoms with Crippen LogP contribution in [-0.4, -0.2) is 16.4 Å². The van der Waals surface area contributed by atoms with Crippen molar-refractivity contribution >= 4 is 45.8 Å². The first-order valence-electron chi connectivity index (χ1n) is 6.72. The molecule has 1 fully saturated rings. The Morgan fingerprint density at radius 2 is 2.00 bits per heavy atom. The molecule has 2 aromatic carbocycles. The molecule has 1 amide bonds. The van der Waals surface area contributed by atoms with Gasteiger partial charge >= 0.3 is 0 Å². The maximum absolute atomic E-state index is 12.4. The largest absolute Gasteiger partial charge is 0.311 e. The van der Waals surface area contributed by atoms with Crippen LogP contribution in [0, 0.1) is 6.92 Å². The van der Waals surface area contributed by atoms with Crippen LogP contribution in [0.2, 0.25) is 5.02 Å². The number of nitrogens with zero attached hydrogens (tertiary/aromatic N) is 2. The number of hydrogen-bond acceptors (Lipinski definition) is 4. The van der Waals surface area contributed by atoms with Crippen LogP contribution in [0.5, 0.6) is 0 Å². The van der Waals surface area contributed by atoms with Gasteiger partial charge in [-0.2, -0.15) is 0 Å². The first-order chi connectivity index (χ1) is 10.6. The highest BCUT2D eigenvalue weighted by molar-refractivity contribution is 8.16. The molecule has 1 atom stereocenters. The number of amidine groups is 1. The Hall–Kier alpha value is -1.82. The predicted molar refractivity (Wildman–Crippen MR) is 92.8 cm³/mol. The Morgan fingerprint density at radius 1 is 1.23 bits per heavy atom. The molecule has 2 aromatic rings. The minimum atomic E-state index is -0.651. The molecule has 22 heavy (non-hydrogen) atoms. The van der Waals surface area contributed by atoms with Crippen molar-refractivity contribution in [3.05, 3.63) is 59.1 Å². The maximum atomic E-state index is 12.4. The second-order valence-corrected chi connectivity index (χ2v) is 6.41. The Morgan fingerprint density at radius 3 is 2.73 bits per heavy atom. The SMILES string of the molecule is Cc1cccc(N2C(=O)C(N)SC2=Nc2ccccc2Cl)c1. The van der Waals surface area contributed by atoms with Gasteiger partial charge in [0.2, 0.25) is 0 Å². The molecular weight excluding hydrogens is 318 g/mol. The number of aliphatic imine (C=N–C) groups is 1. The summed E-state index contributed by atoms with van der Waals surface area (Å²) in [6.45, 7) is 1.97. The fourth-order valence-corrected chi connectivity index (χ4v) is 3.23. The summed E-state index contributed by atoms with van der Waals surface area (Å²) in [5, 5.41) is 0.422. The van der Waals surface area contributed by atoms with Crippen LogP contribution >= 0.6 is 23.4 Å². The summed E-state index contributed by atoms with van der Waals surface area (Å²) in [5.74, 6) is -0.179. The molecule has 0 radical (unpaired) electrons. The molecule has 1 unspecified atom stereocenters. The van der Waals surface area contributed by atoms with Crippen molar-refractivity contribution in [3.8, 4) is 0 Å². The number of amides is 1. The molecule has 6 heteroatoms. The van der Waals surface area contributed by atoms with E-state index in [4.69, 9.17) is 17.3 Å². The number of halogens is 1. The number of rotatable bonds is 2. The normalized spacial score (nSPS) is 20.0. The van der Waals surface area contributed by atoms with E-state index in [1.165, 1.54) is 11.8 Å². The number of aryl methyl sites for hydroxylation is 1. The van der Waals surface area contributed by atoms with Crippen molar-refractivity contribution in [2.24, 2.45) is 10.7 Å². The third kappa shape index (κ3) is 2.88. The van der Waals surface area contributed by atoms with Gasteiger partial charge < -0.3 is 5.73 Å². The molecule has 2 N–H and O–H groups in total. The summed E-state index contributed by atoms with van der Waals surface area (Å²) in [5.41, 5.74) is 8.32. The standard InChI is InChI=1S/C16H14ClN3OS/c1-10-5-4-6-11(9-10)20-15(21)14(18)22-16(20)19-13-8-3-2-7-12(13)17/h2-9,14H,18H2,1H3.